The lowest BCUT2D eigenvalue weighted by Crippen LogP contribution is -2.14. The number of benzene rings is 1. The van der Waals surface area contributed by atoms with E-state index in [4.69, 9.17) is 9.47 Å². The first kappa shape index (κ1) is 10.6. The van der Waals surface area contributed by atoms with Crippen molar-refractivity contribution in [2.24, 2.45) is 0 Å². The van der Waals surface area contributed by atoms with Crippen molar-refractivity contribution in [3.63, 3.8) is 0 Å². The molecule has 0 radical (unpaired) electrons. The lowest BCUT2D eigenvalue weighted by Gasteiger charge is -2.10. The molecule has 5 heteroatoms. The zero-order valence-corrected chi connectivity index (χ0v) is 8.64. The molecule has 0 saturated carbocycles. The van der Waals surface area contributed by atoms with Crippen LogP contribution in [-0.4, -0.2) is 25.7 Å². The molecule has 5 nitrogen and oxygen atoms in total. The van der Waals surface area contributed by atoms with Gasteiger partial charge in [0.15, 0.2) is 0 Å². The van der Waals surface area contributed by atoms with E-state index < -0.39 is 18.2 Å². The van der Waals surface area contributed by atoms with Crippen LogP contribution in [0.2, 0.25) is 0 Å². The van der Waals surface area contributed by atoms with E-state index in [9.17, 15) is 9.59 Å². The third kappa shape index (κ3) is 1.90. The molecule has 0 fully saturated rings. The highest BCUT2D eigenvalue weighted by Crippen LogP contribution is 2.30. The van der Waals surface area contributed by atoms with Gasteiger partial charge >= 0.3 is 11.9 Å². The smallest absolute Gasteiger partial charge is 0.341 e. The third-order valence-corrected chi connectivity index (χ3v) is 2.23. The number of ether oxygens (including phenoxy) is 3. The Hall–Kier alpha value is -1.88. The van der Waals surface area contributed by atoms with E-state index in [-0.39, 0.29) is 6.61 Å². The number of hydrogen-bond acceptors (Lipinski definition) is 5. The average molecular weight is 222 g/mol. The first-order valence-corrected chi connectivity index (χ1v) is 4.70. The van der Waals surface area contributed by atoms with E-state index in [0.29, 0.717) is 11.1 Å². The van der Waals surface area contributed by atoms with Gasteiger partial charge in [0.1, 0.15) is 6.61 Å². The Morgan fingerprint density at radius 2 is 2.19 bits per heavy atom. The largest absolute Gasteiger partial charge is 0.467 e. The third-order valence-electron chi connectivity index (χ3n) is 2.23. The second-order valence-electron chi connectivity index (χ2n) is 3.21. The minimum Gasteiger partial charge on any atom is -0.467 e. The fourth-order valence-electron chi connectivity index (χ4n) is 1.44. The molecule has 16 heavy (non-hydrogen) atoms. The molecular formula is C11H10O5. The molecule has 2 rings (SSSR count). The van der Waals surface area contributed by atoms with Crippen LogP contribution in [0.5, 0.6) is 0 Å². The van der Waals surface area contributed by atoms with Gasteiger partial charge < -0.3 is 14.2 Å². The van der Waals surface area contributed by atoms with Gasteiger partial charge in [0.2, 0.25) is 6.29 Å². The van der Waals surface area contributed by atoms with Crippen molar-refractivity contribution in [3.8, 4) is 0 Å². The van der Waals surface area contributed by atoms with E-state index in [1.165, 1.54) is 7.11 Å². The van der Waals surface area contributed by atoms with Gasteiger partial charge in [-0.3, -0.25) is 0 Å². The minimum atomic E-state index is -0.817. The van der Waals surface area contributed by atoms with Gasteiger partial charge in [-0.25, -0.2) is 9.59 Å². The zero-order chi connectivity index (χ0) is 11.5. The molecular weight excluding hydrogens is 212 g/mol. The summed E-state index contributed by atoms with van der Waals surface area (Å²) in [7, 11) is 1.26. The first-order valence-electron chi connectivity index (χ1n) is 4.70. The maximum atomic E-state index is 11.4. The van der Waals surface area contributed by atoms with Gasteiger partial charge in [-0.05, 0) is 6.07 Å². The summed E-state index contributed by atoms with van der Waals surface area (Å²) in [5, 5.41) is 0. The molecule has 1 aromatic rings. The molecule has 1 aliphatic heterocycles. The Labute approximate surface area is 91.9 Å². The van der Waals surface area contributed by atoms with Gasteiger partial charge in [-0.1, -0.05) is 18.2 Å². The van der Waals surface area contributed by atoms with E-state index in [2.05, 4.69) is 4.74 Å². The van der Waals surface area contributed by atoms with Crippen LogP contribution < -0.4 is 0 Å². The normalized spacial score (nSPS) is 17.8. The Morgan fingerprint density at radius 3 is 2.94 bits per heavy atom. The van der Waals surface area contributed by atoms with Crippen LogP contribution in [0.1, 0.15) is 22.2 Å². The molecule has 0 bridgehead atoms. The fraction of sp³-hybridized carbons (Fsp3) is 0.273. The summed E-state index contributed by atoms with van der Waals surface area (Å²) in [6.07, 6.45) is -0.817. The SMILES string of the molecule is COC(=O)COC1OC(=O)c2ccccc21. The molecule has 0 aliphatic carbocycles. The number of carbonyl (C=O) groups excluding carboxylic acids is 2. The predicted octanol–water partition coefficient (Wildman–Crippen LogP) is 1.05. The maximum absolute atomic E-state index is 11.4. The van der Waals surface area contributed by atoms with Crippen LogP contribution in [0, 0.1) is 0 Å². The number of fused-ring (bicyclic) bond motifs is 1. The molecule has 1 atom stereocenters. The van der Waals surface area contributed by atoms with Gasteiger partial charge in [0, 0.05) is 5.56 Å². The highest BCUT2D eigenvalue weighted by atomic mass is 16.7. The van der Waals surface area contributed by atoms with E-state index in [1.807, 2.05) is 0 Å². The summed E-state index contributed by atoms with van der Waals surface area (Å²) in [6, 6.07) is 6.89. The topological polar surface area (TPSA) is 61.8 Å². The van der Waals surface area contributed by atoms with Crippen LogP contribution in [0.4, 0.5) is 0 Å². The van der Waals surface area contributed by atoms with Crippen molar-refractivity contribution >= 4 is 11.9 Å². The average Bonchev–Trinajstić information content (AvgIpc) is 2.64. The van der Waals surface area contributed by atoms with Gasteiger partial charge in [-0.2, -0.15) is 0 Å². The molecule has 1 unspecified atom stereocenters. The summed E-state index contributed by atoms with van der Waals surface area (Å²) in [5.74, 6) is -0.953. The van der Waals surface area contributed by atoms with Crippen molar-refractivity contribution in [2.75, 3.05) is 13.7 Å². The second-order valence-corrected chi connectivity index (χ2v) is 3.21. The maximum Gasteiger partial charge on any atom is 0.341 e. The predicted molar refractivity (Wildman–Crippen MR) is 52.6 cm³/mol. The Kier molecular flexibility index (Phi) is 2.87. The van der Waals surface area contributed by atoms with E-state index in [1.54, 1.807) is 24.3 Å². The molecule has 0 aromatic heterocycles. The lowest BCUT2D eigenvalue weighted by molar-refractivity contribution is -0.159. The lowest BCUT2D eigenvalue weighted by atomic mass is 10.1. The van der Waals surface area contributed by atoms with Crippen molar-refractivity contribution in [1.29, 1.82) is 0 Å². The molecule has 1 aliphatic rings. The van der Waals surface area contributed by atoms with Crippen LogP contribution in [0.15, 0.2) is 24.3 Å². The van der Waals surface area contributed by atoms with Crippen molar-refractivity contribution in [3.05, 3.63) is 35.4 Å². The van der Waals surface area contributed by atoms with Gasteiger partial charge in [0.25, 0.3) is 0 Å². The number of cyclic esters (lactones) is 1. The summed E-state index contributed by atoms with van der Waals surface area (Å²) >= 11 is 0. The van der Waals surface area contributed by atoms with Crippen molar-refractivity contribution < 1.29 is 23.8 Å². The summed E-state index contributed by atoms with van der Waals surface area (Å²) in [5.41, 5.74) is 1.11. The Morgan fingerprint density at radius 1 is 1.44 bits per heavy atom. The summed E-state index contributed by atoms with van der Waals surface area (Å²) in [4.78, 5) is 22.2. The number of hydrogen-bond donors (Lipinski definition) is 0. The van der Waals surface area contributed by atoms with Crippen molar-refractivity contribution in [2.45, 2.75) is 6.29 Å². The first-order chi connectivity index (χ1) is 7.72. The van der Waals surface area contributed by atoms with Gasteiger partial charge in [0.05, 0.1) is 12.7 Å². The number of carbonyl (C=O) groups is 2. The molecule has 0 spiro atoms. The number of methoxy groups -OCH3 is 1. The summed E-state index contributed by atoms with van der Waals surface area (Å²) < 4.78 is 14.5. The molecule has 0 saturated heterocycles. The monoisotopic (exact) mass is 222 g/mol. The van der Waals surface area contributed by atoms with E-state index in [0.717, 1.165) is 0 Å². The van der Waals surface area contributed by atoms with Crippen LogP contribution in [0.3, 0.4) is 0 Å². The number of rotatable bonds is 3. The second kappa shape index (κ2) is 4.32. The fourth-order valence-corrected chi connectivity index (χ4v) is 1.44. The highest BCUT2D eigenvalue weighted by Gasteiger charge is 2.31. The number of esters is 2. The highest BCUT2D eigenvalue weighted by molar-refractivity contribution is 5.93. The minimum absolute atomic E-state index is 0.247. The van der Waals surface area contributed by atoms with E-state index >= 15 is 0 Å². The molecule has 0 amide bonds. The van der Waals surface area contributed by atoms with Crippen LogP contribution >= 0.6 is 0 Å². The molecule has 1 heterocycles. The Balaban J connectivity index is 2.09. The molecule has 0 N–H and O–H groups in total. The Bertz CT molecular complexity index is 426. The standard InChI is InChI=1S/C11H10O5/c1-14-9(12)6-15-11-8-5-3-2-4-7(8)10(13)16-11/h2-5,11H,6H2,1H3. The van der Waals surface area contributed by atoms with Crippen molar-refractivity contribution in [1.82, 2.24) is 0 Å². The quantitative estimate of drug-likeness (QED) is 0.715. The molecule has 1 aromatic carbocycles. The summed E-state index contributed by atoms with van der Waals surface area (Å²) in [6.45, 7) is -0.247. The zero-order valence-electron chi connectivity index (χ0n) is 8.64. The van der Waals surface area contributed by atoms with Crippen LogP contribution in [-0.2, 0) is 19.0 Å². The van der Waals surface area contributed by atoms with Gasteiger partial charge in [-0.15, -0.1) is 0 Å². The molecule has 84 valence electrons. The van der Waals surface area contributed by atoms with Crippen LogP contribution in [0.25, 0.3) is 0 Å².